The van der Waals surface area contributed by atoms with Crippen LogP contribution in [0.5, 0.6) is 5.75 Å². The first kappa shape index (κ1) is 17.9. The van der Waals surface area contributed by atoms with Crippen LogP contribution in [0.15, 0.2) is 33.5 Å². The van der Waals surface area contributed by atoms with E-state index >= 15 is 0 Å². The standard InChI is InChI=1S/C14H14N4O7/c15-24-6-12(21)18-17-11(20)5-16-13(22)9-3-7-1-2-8(19)4-10(7)25-14(9)23/h1-4,19H,5-6,15H2,(H,16,22)(H,17,20)(H,18,21). The van der Waals surface area contributed by atoms with Gasteiger partial charge in [0, 0.05) is 11.5 Å². The Bertz CT molecular complexity index is 877. The first-order chi connectivity index (χ1) is 11.9. The maximum Gasteiger partial charge on any atom is 0.349 e. The zero-order valence-corrected chi connectivity index (χ0v) is 12.7. The van der Waals surface area contributed by atoms with Crippen molar-refractivity contribution in [1.29, 1.82) is 0 Å². The van der Waals surface area contributed by atoms with Gasteiger partial charge in [0.25, 0.3) is 17.7 Å². The summed E-state index contributed by atoms with van der Waals surface area (Å²) in [4.78, 5) is 50.4. The molecular formula is C14H14N4O7. The maximum absolute atomic E-state index is 12.0. The number of amides is 3. The van der Waals surface area contributed by atoms with Gasteiger partial charge in [-0.05, 0) is 18.2 Å². The third-order valence-corrected chi connectivity index (χ3v) is 2.93. The molecule has 0 fully saturated rings. The van der Waals surface area contributed by atoms with Crippen molar-refractivity contribution < 1.29 is 28.7 Å². The van der Waals surface area contributed by atoms with Gasteiger partial charge >= 0.3 is 5.63 Å². The Morgan fingerprint density at radius 2 is 1.88 bits per heavy atom. The van der Waals surface area contributed by atoms with Crippen LogP contribution < -0.4 is 27.7 Å². The predicted octanol–water partition coefficient (Wildman–Crippen LogP) is -1.73. The van der Waals surface area contributed by atoms with Crippen LogP contribution in [0.3, 0.4) is 0 Å². The van der Waals surface area contributed by atoms with Crippen molar-refractivity contribution in [2.24, 2.45) is 5.90 Å². The third kappa shape index (κ3) is 4.76. The number of hydrogen-bond donors (Lipinski definition) is 5. The lowest BCUT2D eigenvalue weighted by Gasteiger charge is -2.08. The second-order valence-electron chi connectivity index (χ2n) is 4.76. The van der Waals surface area contributed by atoms with Crippen LogP contribution in [0.25, 0.3) is 11.0 Å². The Morgan fingerprint density at radius 3 is 2.60 bits per heavy atom. The minimum absolute atomic E-state index is 0.0911. The molecule has 132 valence electrons. The van der Waals surface area contributed by atoms with E-state index in [9.17, 15) is 24.3 Å². The molecule has 0 aliphatic rings. The molecule has 0 atom stereocenters. The summed E-state index contributed by atoms with van der Waals surface area (Å²) in [5, 5.41) is 12.0. The SMILES string of the molecule is NOCC(=O)NNC(=O)CNC(=O)c1cc2ccc(O)cc2oc1=O. The van der Waals surface area contributed by atoms with Gasteiger partial charge in [0.15, 0.2) is 0 Å². The molecule has 0 aliphatic heterocycles. The number of aromatic hydroxyl groups is 1. The molecule has 2 rings (SSSR count). The lowest BCUT2D eigenvalue weighted by molar-refractivity contribution is -0.131. The summed E-state index contributed by atoms with van der Waals surface area (Å²) in [6, 6.07) is 5.34. The first-order valence-electron chi connectivity index (χ1n) is 6.85. The molecule has 11 nitrogen and oxygen atoms in total. The number of hydrogen-bond acceptors (Lipinski definition) is 8. The Hall–Kier alpha value is -3.44. The molecule has 11 heteroatoms. The topological polar surface area (TPSA) is 173 Å². The molecule has 0 radical (unpaired) electrons. The van der Waals surface area contributed by atoms with Gasteiger partial charge < -0.3 is 14.8 Å². The second kappa shape index (κ2) is 7.90. The molecule has 0 saturated carbocycles. The number of carbonyl (C=O) groups excluding carboxylic acids is 3. The van der Waals surface area contributed by atoms with E-state index in [1.807, 2.05) is 10.9 Å². The van der Waals surface area contributed by atoms with Crippen LogP contribution in [0.4, 0.5) is 0 Å². The predicted molar refractivity (Wildman–Crippen MR) is 82.9 cm³/mol. The number of benzene rings is 1. The molecule has 0 unspecified atom stereocenters. The van der Waals surface area contributed by atoms with Crippen LogP contribution in [0.1, 0.15) is 10.4 Å². The molecular weight excluding hydrogens is 336 g/mol. The van der Waals surface area contributed by atoms with Gasteiger partial charge in [0.2, 0.25) is 0 Å². The highest BCUT2D eigenvalue weighted by molar-refractivity contribution is 5.98. The van der Waals surface area contributed by atoms with Crippen LogP contribution in [-0.4, -0.2) is 36.0 Å². The number of carbonyl (C=O) groups is 3. The largest absolute Gasteiger partial charge is 0.508 e. The summed E-state index contributed by atoms with van der Waals surface area (Å²) in [7, 11) is 0. The number of nitrogens with one attached hydrogen (secondary N) is 3. The van der Waals surface area contributed by atoms with Crippen LogP contribution in [0, 0.1) is 0 Å². The summed E-state index contributed by atoms with van der Waals surface area (Å²) in [5.41, 5.74) is 2.87. The van der Waals surface area contributed by atoms with E-state index in [4.69, 9.17) is 4.42 Å². The van der Waals surface area contributed by atoms with Gasteiger partial charge in [-0.3, -0.25) is 30.1 Å². The van der Waals surface area contributed by atoms with Crippen LogP contribution >= 0.6 is 0 Å². The molecule has 0 saturated heterocycles. The minimum Gasteiger partial charge on any atom is -0.508 e. The molecule has 6 N–H and O–H groups in total. The smallest absolute Gasteiger partial charge is 0.349 e. The third-order valence-electron chi connectivity index (χ3n) is 2.93. The molecule has 2 aromatic rings. The fraction of sp³-hybridized carbons (Fsp3) is 0.143. The zero-order valence-electron chi connectivity index (χ0n) is 12.7. The van der Waals surface area contributed by atoms with Crippen LogP contribution in [0.2, 0.25) is 0 Å². The van der Waals surface area contributed by atoms with Crippen molar-refractivity contribution in [2.45, 2.75) is 0 Å². The van der Waals surface area contributed by atoms with Crippen molar-refractivity contribution in [3.8, 4) is 5.75 Å². The molecule has 3 amide bonds. The van der Waals surface area contributed by atoms with Crippen molar-refractivity contribution in [3.63, 3.8) is 0 Å². The number of phenols is 1. The number of nitrogens with two attached hydrogens (primary N) is 1. The van der Waals surface area contributed by atoms with Crippen LogP contribution in [-0.2, 0) is 14.4 Å². The fourth-order valence-electron chi connectivity index (χ4n) is 1.81. The minimum atomic E-state index is -0.926. The van der Waals surface area contributed by atoms with E-state index in [-0.39, 0.29) is 16.9 Å². The number of phenolic OH excluding ortho intramolecular Hbond substituents is 1. The first-order valence-corrected chi connectivity index (χ1v) is 6.85. The molecule has 1 heterocycles. The highest BCUT2D eigenvalue weighted by Gasteiger charge is 2.15. The van der Waals surface area contributed by atoms with E-state index in [0.29, 0.717) is 5.39 Å². The maximum atomic E-state index is 12.0. The summed E-state index contributed by atoms with van der Waals surface area (Å²) >= 11 is 0. The monoisotopic (exact) mass is 350 g/mol. The van der Waals surface area contributed by atoms with E-state index in [1.165, 1.54) is 24.3 Å². The number of hydrazine groups is 1. The number of fused-ring (bicyclic) bond motifs is 1. The van der Waals surface area contributed by atoms with Gasteiger partial charge in [-0.1, -0.05) is 0 Å². The Labute approximate surface area is 139 Å². The van der Waals surface area contributed by atoms with Crippen molar-refractivity contribution >= 4 is 28.7 Å². The van der Waals surface area contributed by atoms with Crippen molar-refractivity contribution in [3.05, 3.63) is 40.2 Å². The Morgan fingerprint density at radius 1 is 1.16 bits per heavy atom. The van der Waals surface area contributed by atoms with Gasteiger partial charge in [0.05, 0.1) is 6.54 Å². The fourth-order valence-corrected chi connectivity index (χ4v) is 1.81. The Balaban J connectivity index is 1.99. The molecule has 0 spiro atoms. The lowest BCUT2D eigenvalue weighted by atomic mass is 10.1. The summed E-state index contributed by atoms with van der Waals surface area (Å²) < 4.78 is 4.95. The van der Waals surface area contributed by atoms with Crippen molar-refractivity contribution in [1.82, 2.24) is 16.2 Å². The second-order valence-corrected chi connectivity index (χ2v) is 4.76. The molecule has 1 aromatic heterocycles. The average molecular weight is 350 g/mol. The highest BCUT2D eigenvalue weighted by atomic mass is 16.6. The van der Waals surface area contributed by atoms with E-state index in [0.717, 1.165) is 0 Å². The quantitative estimate of drug-likeness (QED) is 0.312. The highest BCUT2D eigenvalue weighted by Crippen LogP contribution is 2.19. The summed E-state index contributed by atoms with van der Waals surface area (Å²) in [6.45, 7) is -0.962. The van der Waals surface area contributed by atoms with Crippen molar-refractivity contribution in [2.75, 3.05) is 13.2 Å². The van der Waals surface area contributed by atoms with E-state index in [1.54, 1.807) is 0 Å². The normalized spacial score (nSPS) is 10.3. The average Bonchev–Trinajstić information content (AvgIpc) is 2.57. The molecule has 1 aromatic carbocycles. The number of rotatable bonds is 5. The molecule has 0 bridgehead atoms. The Kier molecular flexibility index (Phi) is 5.66. The molecule has 0 aliphatic carbocycles. The summed E-state index contributed by atoms with van der Waals surface area (Å²) in [5.74, 6) is 2.31. The summed E-state index contributed by atoms with van der Waals surface area (Å²) in [6.07, 6.45) is 0. The lowest BCUT2D eigenvalue weighted by Crippen LogP contribution is -2.47. The van der Waals surface area contributed by atoms with E-state index < -0.39 is 36.5 Å². The van der Waals surface area contributed by atoms with Gasteiger partial charge in [-0.15, -0.1) is 0 Å². The molecule has 25 heavy (non-hydrogen) atoms. The van der Waals surface area contributed by atoms with Gasteiger partial charge in [-0.25, -0.2) is 10.7 Å². The zero-order chi connectivity index (χ0) is 18.4. The van der Waals surface area contributed by atoms with Gasteiger partial charge in [-0.2, -0.15) is 0 Å². The van der Waals surface area contributed by atoms with Gasteiger partial charge in [0.1, 0.15) is 23.5 Å². The van der Waals surface area contributed by atoms with E-state index in [2.05, 4.69) is 16.1 Å².